The van der Waals surface area contributed by atoms with Crippen molar-refractivity contribution in [2.75, 3.05) is 13.2 Å². The van der Waals surface area contributed by atoms with Crippen molar-refractivity contribution in [2.24, 2.45) is 5.92 Å². The first-order valence-electron chi connectivity index (χ1n) is 11.7. The van der Waals surface area contributed by atoms with Crippen molar-refractivity contribution in [2.45, 2.75) is 81.7 Å². The molecule has 3 rings (SSSR count). The summed E-state index contributed by atoms with van der Waals surface area (Å²) in [5, 5.41) is 90.1. The normalized spacial score (nSPS) is 36.4. The lowest BCUT2D eigenvalue weighted by atomic mass is 9.98. The van der Waals surface area contributed by atoms with E-state index in [4.69, 9.17) is 18.9 Å². The summed E-state index contributed by atoms with van der Waals surface area (Å²) in [5.74, 6) is -1.90. The summed E-state index contributed by atoms with van der Waals surface area (Å²) in [6.45, 7) is 2.10. The van der Waals surface area contributed by atoms with Crippen LogP contribution in [-0.4, -0.2) is 126 Å². The molecule has 0 aliphatic carbocycles. The molecule has 0 saturated carbocycles. The minimum Gasteiger partial charge on any atom is -0.507 e. The number of ether oxygens (including phenoxy) is 4. The third kappa shape index (κ3) is 6.31. The first-order valence-corrected chi connectivity index (χ1v) is 11.7. The van der Waals surface area contributed by atoms with Gasteiger partial charge in [0.05, 0.1) is 13.2 Å². The number of aliphatic hydroxyl groups is 8. The van der Waals surface area contributed by atoms with E-state index in [1.54, 1.807) is 13.8 Å². The molecule has 14 nitrogen and oxygen atoms in total. The first kappa shape index (κ1) is 29.4. The Hall–Kier alpha value is -2.11. The van der Waals surface area contributed by atoms with Gasteiger partial charge in [-0.1, -0.05) is 13.8 Å². The smallest absolute Gasteiger partial charge is 0.229 e. The molecule has 1 aromatic rings. The van der Waals surface area contributed by atoms with Crippen molar-refractivity contribution in [3.63, 3.8) is 0 Å². The summed E-state index contributed by atoms with van der Waals surface area (Å²) in [6, 6.07) is 2.10. The summed E-state index contributed by atoms with van der Waals surface area (Å²) in [4.78, 5) is 12.9. The monoisotopic (exact) mass is 534 g/mol. The molecule has 0 spiro atoms. The minimum absolute atomic E-state index is 0.00842. The molecule has 0 bridgehead atoms. The van der Waals surface area contributed by atoms with Crippen molar-refractivity contribution in [3.8, 4) is 17.2 Å². The zero-order chi connectivity index (χ0) is 27.6. The van der Waals surface area contributed by atoms with Gasteiger partial charge in [-0.3, -0.25) is 4.79 Å². The molecule has 0 aromatic heterocycles. The molecule has 2 aliphatic rings. The van der Waals surface area contributed by atoms with Crippen molar-refractivity contribution in [3.05, 3.63) is 17.7 Å². The van der Waals surface area contributed by atoms with Crippen LogP contribution in [0.15, 0.2) is 12.1 Å². The van der Waals surface area contributed by atoms with Crippen molar-refractivity contribution in [1.29, 1.82) is 0 Å². The number of Topliss-reactive ketones (excluding diaryl/α,β-unsaturated/α-hetero) is 1. The maximum atomic E-state index is 12.9. The van der Waals surface area contributed by atoms with E-state index in [0.29, 0.717) is 0 Å². The topological polar surface area (TPSA) is 236 Å². The van der Waals surface area contributed by atoms with Crippen LogP contribution in [0.25, 0.3) is 0 Å². The second-order valence-electron chi connectivity index (χ2n) is 9.47. The van der Waals surface area contributed by atoms with Gasteiger partial charge in [-0.15, -0.1) is 0 Å². The second kappa shape index (κ2) is 12.2. The van der Waals surface area contributed by atoms with Gasteiger partial charge >= 0.3 is 0 Å². The second-order valence-corrected chi connectivity index (χ2v) is 9.47. The maximum absolute atomic E-state index is 12.9. The van der Waals surface area contributed by atoms with E-state index in [-0.39, 0.29) is 29.4 Å². The van der Waals surface area contributed by atoms with Crippen LogP contribution in [-0.2, 0) is 9.47 Å². The number of hydrogen-bond acceptors (Lipinski definition) is 14. The fourth-order valence-electron chi connectivity index (χ4n) is 4.08. The molecular weight excluding hydrogens is 500 g/mol. The third-order valence-corrected chi connectivity index (χ3v) is 6.12. The van der Waals surface area contributed by atoms with Crippen LogP contribution in [0.1, 0.15) is 30.6 Å². The zero-order valence-electron chi connectivity index (χ0n) is 20.2. The number of ketones is 1. The van der Waals surface area contributed by atoms with Gasteiger partial charge in [0, 0.05) is 18.6 Å². The Morgan fingerprint density at radius 1 is 0.811 bits per heavy atom. The van der Waals surface area contributed by atoms with Gasteiger partial charge in [0.15, 0.2) is 5.78 Å². The molecular formula is C23H34O14. The van der Waals surface area contributed by atoms with Crippen molar-refractivity contribution in [1.82, 2.24) is 0 Å². The summed E-state index contributed by atoms with van der Waals surface area (Å²) in [7, 11) is 0. The van der Waals surface area contributed by atoms with Gasteiger partial charge in [0.2, 0.25) is 12.6 Å². The van der Waals surface area contributed by atoms with Crippen LogP contribution in [0, 0.1) is 5.92 Å². The molecule has 1 aromatic carbocycles. The SMILES string of the molecule is CC(C)CC(=O)c1c(O)cc(O[C@@H]2O[C@H](CO)[C@@H](O)[C@H](O)[C@H]2O)cc1O[C@H]1O[C@@H](CO)[C@H](O)[C@@H](O)[C@@H]1O. The molecule has 0 unspecified atom stereocenters. The lowest BCUT2D eigenvalue weighted by Gasteiger charge is -2.40. The third-order valence-electron chi connectivity index (χ3n) is 6.12. The highest BCUT2D eigenvalue weighted by molar-refractivity contribution is 6.01. The number of phenols is 1. The number of hydrogen-bond donors (Lipinski definition) is 9. The van der Waals surface area contributed by atoms with E-state index in [0.717, 1.165) is 12.1 Å². The Morgan fingerprint density at radius 3 is 1.76 bits per heavy atom. The molecule has 2 heterocycles. The number of phenolic OH excluding ortho intramolecular Hbond substituents is 1. The maximum Gasteiger partial charge on any atom is 0.229 e. The summed E-state index contributed by atoms with van der Waals surface area (Å²) < 4.78 is 21.8. The van der Waals surface area contributed by atoms with Crippen LogP contribution in [0.5, 0.6) is 17.2 Å². The number of rotatable bonds is 9. The molecule has 9 N–H and O–H groups in total. The van der Waals surface area contributed by atoms with E-state index in [9.17, 15) is 50.8 Å². The summed E-state index contributed by atoms with van der Waals surface area (Å²) in [6.07, 6.45) is -16.3. The van der Waals surface area contributed by atoms with Gasteiger partial charge in [0.1, 0.15) is 71.6 Å². The fraction of sp³-hybridized carbons (Fsp3) is 0.696. The number of aliphatic hydroxyl groups excluding tert-OH is 8. The largest absolute Gasteiger partial charge is 0.507 e. The van der Waals surface area contributed by atoms with Crippen LogP contribution >= 0.6 is 0 Å². The summed E-state index contributed by atoms with van der Waals surface area (Å²) >= 11 is 0. The van der Waals surface area contributed by atoms with Crippen molar-refractivity contribution < 1.29 is 69.7 Å². The average molecular weight is 535 g/mol. The van der Waals surface area contributed by atoms with Gasteiger partial charge in [0.25, 0.3) is 0 Å². The predicted molar refractivity (Wildman–Crippen MR) is 121 cm³/mol. The number of carbonyl (C=O) groups is 1. The average Bonchev–Trinajstić information content (AvgIpc) is 2.84. The van der Waals surface area contributed by atoms with Gasteiger partial charge in [-0.2, -0.15) is 0 Å². The Labute approximate surface area is 211 Å². The first-order chi connectivity index (χ1) is 17.4. The van der Waals surface area contributed by atoms with E-state index in [1.807, 2.05) is 0 Å². The highest BCUT2D eigenvalue weighted by atomic mass is 16.7. The number of benzene rings is 1. The Balaban J connectivity index is 1.95. The highest BCUT2D eigenvalue weighted by Crippen LogP contribution is 2.38. The van der Waals surface area contributed by atoms with Gasteiger partial charge in [-0.05, 0) is 5.92 Å². The molecule has 37 heavy (non-hydrogen) atoms. The Bertz CT molecular complexity index is 921. The molecule has 2 fully saturated rings. The Morgan fingerprint density at radius 2 is 1.30 bits per heavy atom. The lowest BCUT2D eigenvalue weighted by molar-refractivity contribution is -0.278. The van der Waals surface area contributed by atoms with Gasteiger partial charge in [-0.25, -0.2) is 0 Å². The van der Waals surface area contributed by atoms with Gasteiger partial charge < -0.3 is 64.9 Å². The Kier molecular flexibility index (Phi) is 9.68. The standard InChI is InChI=1S/C23H34O14/c1-8(2)3-10(26)15-11(27)4-9(34-22-20(32)18(30)16(28)13(6-24)36-22)5-12(15)35-23-21(33)19(31)17(29)14(7-25)37-23/h4-5,8,13-14,16-25,27-33H,3,6-7H2,1-2H3/t13-,14+,16-,17+,18+,19-,20-,21+,22-,23+/m1/s1. The quantitative estimate of drug-likeness (QED) is 0.143. The van der Waals surface area contributed by atoms with Crippen LogP contribution in [0.3, 0.4) is 0 Å². The molecule has 2 aliphatic heterocycles. The fourth-order valence-corrected chi connectivity index (χ4v) is 4.08. The summed E-state index contributed by atoms with van der Waals surface area (Å²) in [5.41, 5.74) is -0.313. The van der Waals surface area contributed by atoms with E-state index in [1.165, 1.54) is 0 Å². The highest BCUT2D eigenvalue weighted by Gasteiger charge is 2.46. The van der Waals surface area contributed by atoms with Crippen LogP contribution < -0.4 is 9.47 Å². The van der Waals surface area contributed by atoms with Crippen LogP contribution in [0.2, 0.25) is 0 Å². The molecule has 10 atom stereocenters. The molecule has 0 radical (unpaired) electrons. The zero-order valence-corrected chi connectivity index (χ0v) is 20.2. The van der Waals surface area contributed by atoms with E-state index >= 15 is 0 Å². The lowest BCUT2D eigenvalue weighted by Crippen LogP contribution is -2.60. The molecule has 2 saturated heterocycles. The van der Waals surface area contributed by atoms with E-state index < -0.39 is 86.2 Å². The molecule has 14 heteroatoms. The van der Waals surface area contributed by atoms with Crippen LogP contribution in [0.4, 0.5) is 0 Å². The molecule has 0 amide bonds. The van der Waals surface area contributed by atoms with Crippen molar-refractivity contribution >= 4 is 5.78 Å². The predicted octanol–water partition coefficient (Wildman–Crippen LogP) is -3.02. The number of carbonyl (C=O) groups excluding carboxylic acids is 1. The number of aromatic hydroxyl groups is 1. The minimum atomic E-state index is -1.82. The van der Waals surface area contributed by atoms with E-state index in [2.05, 4.69) is 0 Å². The molecule has 210 valence electrons.